The van der Waals surface area contributed by atoms with E-state index in [9.17, 15) is 9.59 Å². The molecule has 0 saturated carbocycles. The number of carbonyl (C=O) groups excluding carboxylic acids is 1. The second-order valence-corrected chi connectivity index (χ2v) is 3.92. The molecule has 5 nitrogen and oxygen atoms in total. The fraction of sp³-hybridized carbons (Fsp3) is 0.308. The molecule has 0 aliphatic carbocycles. The lowest BCUT2D eigenvalue weighted by molar-refractivity contribution is -0.131. The number of aromatic nitrogens is 1. The van der Waals surface area contributed by atoms with E-state index in [0.717, 1.165) is 12.5 Å². The fourth-order valence-corrected chi connectivity index (χ4v) is 1.21. The summed E-state index contributed by atoms with van der Waals surface area (Å²) in [5.41, 5.74) is 0.486. The molecule has 0 aromatic carbocycles. The molecule has 5 heteroatoms. The number of aliphatic carboxylic acids is 1. The van der Waals surface area contributed by atoms with Crippen LogP contribution in [0.25, 0.3) is 6.08 Å². The Morgan fingerprint density at radius 1 is 1.50 bits per heavy atom. The minimum absolute atomic E-state index is 0.0787. The van der Waals surface area contributed by atoms with E-state index in [1.807, 2.05) is 13.8 Å². The van der Waals surface area contributed by atoms with Crippen LogP contribution in [-0.4, -0.2) is 22.0 Å². The summed E-state index contributed by atoms with van der Waals surface area (Å²) in [6.07, 6.45) is 3.13. The van der Waals surface area contributed by atoms with E-state index in [4.69, 9.17) is 5.11 Å². The molecule has 96 valence electrons. The quantitative estimate of drug-likeness (QED) is 0.782. The molecular formula is C13H16N2O3. The third kappa shape index (κ3) is 4.37. The van der Waals surface area contributed by atoms with Gasteiger partial charge in [0.05, 0.1) is 5.69 Å². The van der Waals surface area contributed by atoms with Crippen LogP contribution in [0.4, 0.5) is 5.82 Å². The molecule has 1 amide bonds. The van der Waals surface area contributed by atoms with Crippen molar-refractivity contribution in [3.8, 4) is 0 Å². The largest absolute Gasteiger partial charge is 0.478 e. The summed E-state index contributed by atoms with van der Waals surface area (Å²) < 4.78 is 0. The molecule has 1 heterocycles. The Hall–Kier alpha value is -2.17. The van der Waals surface area contributed by atoms with Gasteiger partial charge in [-0.05, 0) is 24.6 Å². The molecular weight excluding hydrogens is 232 g/mol. The first-order valence-electron chi connectivity index (χ1n) is 5.72. The van der Waals surface area contributed by atoms with Crippen molar-refractivity contribution in [1.82, 2.24) is 4.98 Å². The molecule has 0 fully saturated rings. The van der Waals surface area contributed by atoms with Crippen LogP contribution in [0.1, 0.15) is 26.0 Å². The second kappa shape index (κ2) is 6.54. The maximum absolute atomic E-state index is 11.7. The van der Waals surface area contributed by atoms with Crippen molar-refractivity contribution < 1.29 is 14.7 Å². The van der Waals surface area contributed by atoms with Crippen LogP contribution < -0.4 is 5.32 Å². The molecule has 18 heavy (non-hydrogen) atoms. The number of carboxylic acid groups (broad SMARTS) is 1. The normalized spacial score (nSPS) is 12.3. The molecule has 0 spiro atoms. The van der Waals surface area contributed by atoms with E-state index in [-0.39, 0.29) is 11.8 Å². The first kappa shape index (κ1) is 13.9. The first-order valence-corrected chi connectivity index (χ1v) is 5.72. The number of pyridine rings is 1. The van der Waals surface area contributed by atoms with E-state index < -0.39 is 5.97 Å². The maximum atomic E-state index is 11.7. The Morgan fingerprint density at radius 2 is 2.22 bits per heavy atom. The van der Waals surface area contributed by atoms with Crippen molar-refractivity contribution >= 4 is 23.8 Å². The zero-order chi connectivity index (χ0) is 13.5. The van der Waals surface area contributed by atoms with E-state index in [1.165, 1.54) is 6.08 Å². The Bertz CT molecular complexity index is 469. The van der Waals surface area contributed by atoms with Crippen LogP contribution in [0, 0.1) is 5.92 Å². The number of hydrogen-bond donors (Lipinski definition) is 2. The number of nitrogens with one attached hydrogen (secondary N) is 1. The van der Waals surface area contributed by atoms with E-state index in [1.54, 1.807) is 18.2 Å². The molecule has 0 aliphatic heterocycles. The van der Waals surface area contributed by atoms with Gasteiger partial charge in [0.25, 0.3) is 0 Å². The molecule has 0 saturated heterocycles. The lowest BCUT2D eigenvalue weighted by Gasteiger charge is -2.09. The Labute approximate surface area is 106 Å². The molecule has 1 atom stereocenters. The number of nitrogens with zero attached hydrogens (tertiary/aromatic N) is 1. The smallest absolute Gasteiger partial charge is 0.328 e. The molecule has 1 aromatic rings. The van der Waals surface area contributed by atoms with Gasteiger partial charge >= 0.3 is 5.97 Å². The highest BCUT2D eigenvalue weighted by molar-refractivity contribution is 5.91. The van der Waals surface area contributed by atoms with Gasteiger partial charge < -0.3 is 10.4 Å². The molecule has 1 unspecified atom stereocenters. The summed E-state index contributed by atoms with van der Waals surface area (Å²) in [5.74, 6) is -0.784. The summed E-state index contributed by atoms with van der Waals surface area (Å²) in [5, 5.41) is 11.2. The lowest BCUT2D eigenvalue weighted by Crippen LogP contribution is -2.20. The van der Waals surface area contributed by atoms with Crippen LogP contribution in [0.5, 0.6) is 0 Å². The average Bonchev–Trinajstić information content (AvgIpc) is 2.35. The Balaban J connectivity index is 2.76. The third-order valence-electron chi connectivity index (χ3n) is 2.48. The molecule has 0 bridgehead atoms. The minimum atomic E-state index is -1.04. The number of carbonyl (C=O) groups is 2. The van der Waals surface area contributed by atoms with Gasteiger partial charge in [0.1, 0.15) is 5.82 Å². The second-order valence-electron chi connectivity index (χ2n) is 3.92. The molecule has 2 N–H and O–H groups in total. The average molecular weight is 248 g/mol. The van der Waals surface area contributed by atoms with Crippen molar-refractivity contribution in [2.24, 2.45) is 5.92 Å². The number of amides is 1. The van der Waals surface area contributed by atoms with Gasteiger partial charge in [-0.3, -0.25) is 4.79 Å². The Kier molecular flexibility index (Phi) is 5.05. The van der Waals surface area contributed by atoms with Crippen LogP contribution in [0.2, 0.25) is 0 Å². The molecule has 0 aliphatic rings. The van der Waals surface area contributed by atoms with Crippen molar-refractivity contribution in [1.29, 1.82) is 0 Å². The highest BCUT2D eigenvalue weighted by atomic mass is 16.4. The SMILES string of the molecule is CCC(C)C(=O)Nc1cccc(C=CC(=O)O)n1. The summed E-state index contributed by atoms with van der Waals surface area (Å²) in [6.45, 7) is 3.77. The molecule has 1 aromatic heterocycles. The monoisotopic (exact) mass is 248 g/mol. The lowest BCUT2D eigenvalue weighted by atomic mass is 10.1. The van der Waals surface area contributed by atoms with Gasteiger partial charge in [-0.2, -0.15) is 0 Å². The summed E-state index contributed by atoms with van der Waals surface area (Å²) in [4.78, 5) is 26.2. The minimum Gasteiger partial charge on any atom is -0.478 e. The van der Waals surface area contributed by atoms with E-state index in [2.05, 4.69) is 10.3 Å². The summed E-state index contributed by atoms with van der Waals surface area (Å²) in [7, 11) is 0. The van der Waals surface area contributed by atoms with Gasteiger partial charge in [0, 0.05) is 12.0 Å². The standard InChI is InChI=1S/C13H16N2O3/c1-3-9(2)13(18)15-11-6-4-5-10(14-11)7-8-12(16)17/h4-9H,3H2,1-2H3,(H,16,17)(H,14,15,18). The van der Waals surface area contributed by atoms with Gasteiger partial charge in [-0.1, -0.05) is 19.9 Å². The Morgan fingerprint density at radius 3 is 2.83 bits per heavy atom. The predicted octanol–water partition coefficient (Wildman–Crippen LogP) is 2.16. The fourth-order valence-electron chi connectivity index (χ4n) is 1.21. The molecule has 1 rings (SSSR count). The third-order valence-corrected chi connectivity index (χ3v) is 2.48. The van der Waals surface area contributed by atoms with Crippen LogP contribution in [-0.2, 0) is 9.59 Å². The highest BCUT2D eigenvalue weighted by Crippen LogP contribution is 2.09. The van der Waals surface area contributed by atoms with Crippen LogP contribution in [0.3, 0.4) is 0 Å². The van der Waals surface area contributed by atoms with Crippen molar-refractivity contribution in [3.05, 3.63) is 30.0 Å². The highest BCUT2D eigenvalue weighted by Gasteiger charge is 2.10. The first-order chi connectivity index (χ1) is 8.52. The van der Waals surface area contributed by atoms with Gasteiger partial charge in [-0.25, -0.2) is 9.78 Å². The zero-order valence-corrected chi connectivity index (χ0v) is 10.4. The summed E-state index contributed by atoms with van der Waals surface area (Å²) >= 11 is 0. The van der Waals surface area contributed by atoms with E-state index >= 15 is 0 Å². The predicted molar refractivity (Wildman–Crippen MR) is 69.0 cm³/mol. The van der Waals surface area contributed by atoms with Crippen molar-refractivity contribution in [2.45, 2.75) is 20.3 Å². The van der Waals surface area contributed by atoms with Crippen molar-refractivity contribution in [3.63, 3.8) is 0 Å². The summed E-state index contributed by atoms with van der Waals surface area (Å²) in [6, 6.07) is 5.04. The maximum Gasteiger partial charge on any atom is 0.328 e. The van der Waals surface area contributed by atoms with Gasteiger partial charge in [0.15, 0.2) is 0 Å². The van der Waals surface area contributed by atoms with Crippen LogP contribution in [0.15, 0.2) is 24.3 Å². The molecule has 0 radical (unpaired) electrons. The van der Waals surface area contributed by atoms with E-state index in [0.29, 0.717) is 11.5 Å². The number of carboxylic acids is 1. The van der Waals surface area contributed by atoms with Gasteiger partial charge in [-0.15, -0.1) is 0 Å². The number of hydrogen-bond acceptors (Lipinski definition) is 3. The number of anilines is 1. The van der Waals surface area contributed by atoms with Gasteiger partial charge in [0.2, 0.25) is 5.91 Å². The van der Waals surface area contributed by atoms with Crippen molar-refractivity contribution in [2.75, 3.05) is 5.32 Å². The number of rotatable bonds is 5. The zero-order valence-electron chi connectivity index (χ0n) is 10.4. The topological polar surface area (TPSA) is 79.3 Å². The van der Waals surface area contributed by atoms with Crippen LogP contribution >= 0.6 is 0 Å².